The zero-order chi connectivity index (χ0) is 23.5. The second kappa shape index (κ2) is 9.93. The van der Waals surface area contributed by atoms with Crippen molar-refractivity contribution in [1.82, 2.24) is 10.2 Å². The Hall–Kier alpha value is -3.26. The van der Waals surface area contributed by atoms with Gasteiger partial charge in [-0.15, -0.1) is 0 Å². The van der Waals surface area contributed by atoms with Gasteiger partial charge in [0.15, 0.2) is 11.0 Å². The summed E-state index contributed by atoms with van der Waals surface area (Å²) in [6.07, 6.45) is 5.45. The highest BCUT2D eigenvalue weighted by molar-refractivity contribution is 8.14. The molecule has 5 rings (SSSR count). The molecule has 2 amide bonds. The third kappa shape index (κ3) is 4.68. The van der Waals surface area contributed by atoms with Crippen molar-refractivity contribution >= 4 is 46.1 Å². The number of hydrogen-bond donors (Lipinski definition) is 1. The van der Waals surface area contributed by atoms with Crippen LogP contribution in [0.25, 0.3) is 0 Å². The van der Waals surface area contributed by atoms with Gasteiger partial charge in [-0.05, 0) is 25.0 Å². The summed E-state index contributed by atoms with van der Waals surface area (Å²) in [6.45, 7) is 0. The van der Waals surface area contributed by atoms with E-state index in [1.807, 2.05) is 42.5 Å². The molecule has 1 unspecified atom stereocenters. The van der Waals surface area contributed by atoms with Crippen LogP contribution in [-0.2, 0) is 9.59 Å². The molecule has 2 heterocycles. The molecule has 0 radical (unpaired) electrons. The van der Waals surface area contributed by atoms with Crippen LogP contribution in [0.15, 0.2) is 64.6 Å². The number of carbonyl (C=O) groups is 3. The predicted octanol–water partition coefficient (Wildman–Crippen LogP) is 4.10. The maximum atomic E-state index is 13.4. The molecular weight excluding hydrogens is 448 g/mol. The van der Waals surface area contributed by atoms with Crippen molar-refractivity contribution in [3.63, 3.8) is 0 Å². The molecule has 7 nitrogen and oxygen atoms in total. The number of aliphatic imine (C=N–C) groups is 2. The Morgan fingerprint density at radius 2 is 1.74 bits per heavy atom. The van der Waals surface area contributed by atoms with Crippen LogP contribution in [0, 0.1) is 0 Å². The third-order valence-electron chi connectivity index (χ3n) is 6.32. The Balaban J connectivity index is 1.33. The van der Waals surface area contributed by atoms with E-state index in [9.17, 15) is 14.4 Å². The first-order valence-electron chi connectivity index (χ1n) is 11.7. The molecule has 1 atom stereocenters. The second-order valence-electron chi connectivity index (χ2n) is 8.74. The minimum absolute atomic E-state index is 0.0123. The van der Waals surface area contributed by atoms with Crippen LogP contribution in [0.5, 0.6) is 0 Å². The van der Waals surface area contributed by atoms with Gasteiger partial charge in [-0.25, -0.2) is 9.89 Å². The molecule has 1 fully saturated rings. The Kier molecular flexibility index (Phi) is 6.58. The molecule has 1 saturated carbocycles. The van der Waals surface area contributed by atoms with Crippen LogP contribution >= 0.6 is 11.8 Å². The lowest BCUT2D eigenvalue weighted by Gasteiger charge is -2.25. The van der Waals surface area contributed by atoms with Crippen molar-refractivity contribution in [3.05, 3.63) is 65.7 Å². The molecule has 34 heavy (non-hydrogen) atoms. The van der Waals surface area contributed by atoms with E-state index in [0.717, 1.165) is 31.2 Å². The first-order chi connectivity index (χ1) is 16.6. The highest BCUT2D eigenvalue weighted by Gasteiger charge is 2.42. The number of ketones is 1. The Morgan fingerprint density at radius 1 is 1.00 bits per heavy atom. The van der Waals surface area contributed by atoms with Gasteiger partial charge in [-0.3, -0.25) is 19.4 Å². The number of Topliss-reactive ketones (excluding diaryl/α,β-unsaturated/α-hetero) is 1. The fraction of sp³-hybridized carbons (Fsp3) is 0.346. The minimum Gasteiger partial charge on any atom is -0.353 e. The number of nitrogens with zero attached hydrogens (tertiary/aromatic N) is 3. The Morgan fingerprint density at radius 3 is 2.53 bits per heavy atom. The van der Waals surface area contributed by atoms with Gasteiger partial charge in [-0.2, -0.15) is 0 Å². The van der Waals surface area contributed by atoms with E-state index >= 15 is 0 Å². The molecule has 1 N–H and O–H groups in total. The molecule has 0 saturated heterocycles. The van der Waals surface area contributed by atoms with E-state index in [1.54, 1.807) is 12.1 Å². The maximum absolute atomic E-state index is 13.4. The summed E-state index contributed by atoms with van der Waals surface area (Å²) in [5.74, 6) is 0.186. The number of carbonyl (C=O) groups excluding carboxylic acids is 3. The molecule has 0 bridgehead atoms. The fourth-order valence-electron chi connectivity index (χ4n) is 4.58. The first kappa shape index (κ1) is 22.5. The monoisotopic (exact) mass is 474 g/mol. The van der Waals surface area contributed by atoms with Crippen molar-refractivity contribution in [3.8, 4) is 0 Å². The van der Waals surface area contributed by atoms with Crippen LogP contribution < -0.4 is 5.32 Å². The molecule has 8 heteroatoms. The second-order valence-corrected chi connectivity index (χ2v) is 9.68. The number of nitrogens with one attached hydrogen (secondary N) is 1. The van der Waals surface area contributed by atoms with Crippen molar-refractivity contribution in [1.29, 1.82) is 0 Å². The van der Waals surface area contributed by atoms with Gasteiger partial charge in [0.1, 0.15) is 11.9 Å². The molecule has 2 aromatic carbocycles. The zero-order valence-electron chi connectivity index (χ0n) is 18.8. The topological polar surface area (TPSA) is 91.2 Å². The van der Waals surface area contributed by atoms with Gasteiger partial charge >= 0.3 is 0 Å². The molecule has 3 aliphatic rings. The van der Waals surface area contributed by atoms with Crippen molar-refractivity contribution in [2.24, 2.45) is 9.98 Å². The maximum Gasteiger partial charge on any atom is 0.259 e. The van der Waals surface area contributed by atoms with Crippen LogP contribution in [-0.4, -0.2) is 51.3 Å². The third-order valence-corrected chi connectivity index (χ3v) is 7.26. The number of fused-ring (bicyclic) bond motifs is 3. The Labute approximate surface area is 202 Å². The molecule has 2 aromatic rings. The van der Waals surface area contributed by atoms with Gasteiger partial charge in [0.2, 0.25) is 5.91 Å². The number of benzene rings is 2. The summed E-state index contributed by atoms with van der Waals surface area (Å²) in [6, 6.07) is 15.9. The lowest BCUT2D eigenvalue weighted by atomic mass is 9.95. The van der Waals surface area contributed by atoms with E-state index in [1.165, 1.54) is 23.1 Å². The fourth-order valence-corrected chi connectivity index (χ4v) is 5.47. The standard InChI is InChI=1S/C26H26N4O3S/c31-22(17-9-3-1-4-10-17)16-34-26-29-20-14-8-7-13-19(20)24-28-21(25(33)30(24)26)15-23(32)27-18-11-5-2-6-12-18/h1,3-4,7-10,13-14,18,21H,2,5-6,11-12,15-16H2,(H,27,32). The average Bonchev–Trinajstić information content (AvgIpc) is 3.19. The summed E-state index contributed by atoms with van der Waals surface area (Å²) >= 11 is 1.22. The molecule has 1 aliphatic carbocycles. The summed E-state index contributed by atoms with van der Waals surface area (Å²) in [4.78, 5) is 49.5. The van der Waals surface area contributed by atoms with Gasteiger partial charge < -0.3 is 5.32 Å². The van der Waals surface area contributed by atoms with Crippen LogP contribution in [0.2, 0.25) is 0 Å². The normalized spacial score (nSPS) is 19.7. The van der Waals surface area contributed by atoms with Crippen LogP contribution in [0.1, 0.15) is 54.4 Å². The number of thioether (sulfide) groups is 1. The lowest BCUT2D eigenvalue weighted by molar-refractivity contribution is -0.129. The van der Waals surface area contributed by atoms with Crippen molar-refractivity contribution < 1.29 is 14.4 Å². The summed E-state index contributed by atoms with van der Waals surface area (Å²) in [5.41, 5.74) is 2.07. The molecular formula is C26H26N4O3S. The number of hydrogen-bond acceptors (Lipinski definition) is 6. The van der Waals surface area contributed by atoms with Gasteiger partial charge in [-0.1, -0.05) is 73.5 Å². The minimum atomic E-state index is -0.791. The highest BCUT2D eigenvalue weighted by Crippen LogP contribution is 2.34. The zero-order valence-corrected chi connectivity index (χ0v) is 19.6. The van der Waals surface area contributed by atoms with Gasteiger partial charge in [0, 0.05) is 17.2 Å². The molecule has 174 valence electrons. The van der Waals surface area contributed by atoms with Crippen molar-refractivity contribution in [2.75, 3.05) is 5.75 Å². The van der Waals surface area contributed by atoms with Gasteiger partial charge in [0.05, 0.1) is 17.9 Å². The molecule has 0 spiro atoms. The van der Waals surface area contributed by atoms with E-state index < -0.39 is 6.04 Å². The lowest BCUT2D eigenvalue weighted by Crippen LogP contribution is -2.43. The van der Waals surface area contributed by atoms with E-state index in [0.29, 0.717) is 22.3 Å². The number of amides is 2. The quantitative estimate of drug-likeness (QED) is 0.638. The predicted molar refractivity (Wildman–Crippen MR) is 134 cm³/mol. The summed E-state index contributed by atoms with van der Waals surface area (Å²) in [7, 11) is 0. The van der Waals surface area contributed by atoms with Gasteiger partial charge in [0.25, 0.3) is 5.91 Å². The van der Waals surface area contributed by atoms with E-state index in [2.05, 4.69) is 15.3 Å². The smallest absolute Gasteiger partial charge is 0.259 e. The van der Waals surface area contributed by atoms with Crippen LogP contribution in [0.3, 0.4) is 0 Å². The first-order valence-corrected chi connectivity index (χ1v) is 12.7. The number of amidine groups is 2. The van der Waals surface area contributed by atoms with E-state index in [-0.39, 0.29) is 35.8 Å². The summed E-state index contributed by atoms with van der Waals surface area (Å²) < 4.78 is 0. The number of para-hydroxylation sites is 1. The summed E-state index contributed by atoms with van der Waals surface area (Å²) in [5, 5.41) is 3.50. The largest absolute Gasteiger partial charge is 0.353 e. The Bertz CT molecular complexity index is 1170. The average molecular weight is 475 g/mol. The molecule has 0 aromatic heterocycles. The number of rotatable bonds is 6. The molecule has 2 aliphatic heterocycles. The SMILES string of the molecule is O=C(CC1N=C2c3ccccc3N=C(SCC(=O)c3ccccc3)N2C1=O)NC1CCCCC1. The van der Waals surface area contributed by atoms with E-state index in [4.69, 9.17) is 0 Å². The highest BCUT2D eigenvalue weighted by atomic mass is 32.2. The van der Waals surface area contributed by atoms with Crippen LogP contribution in [0.4, 0.5) is 5.69 Å². The van der Waals surface area contributed by atoms with Crippen molar-refractivity contribution in [2.45, 2.75) is 50.6 Å².